The van der Waals surface area contributed by atoms with Crippen LogP contribution >= 0.6 is 45.9 Å². The molecule has 0 saturated heterocycles. The van der Waals surface area contributed by atoms with Gasteiger partial charge in [-0.25, -0.2) is 20.0 Å². The standard InChI is InChI=1S/C21H14Cl2N4S2/c22-18-7-3-1-5-14(18)10-24-20-26-12-16(28-20)9-17-13-27-21(29-17)25-11-15-6-2-4-8-19(15)23/h1-8,10-13H,9H2/b24-10+,25-11+. The minimum Gasteiger partial charge on any atom is -0.227 e. The van der Waals surface area contributed by atoms with Crippen molar-refractivity contribution in [3.05, 3.63) is 91.9 Å². The van der Waals surface area contributed by atoms with Crippen molar-refractivity contribution in [3.8, 4) is 0 Å². The number of aromatic nitrogens is 2. The molecule has 4 rings (SSSR count). The maximum atomic E-state index is 6.15. The third kappa shape index (κ3) is 5.36. The van der Waals surface area contributed by atoms with Crippen LogP contribution in [0.25, 0.3) is 0 Å². The normalized spacial score (nSPS) is 11.7. The number of hydrogen-bond acceptors (Lipinski definition) is 6. The maximum Gasteiger partial charge on any atom is 0.209 e. The van der Waals surface area contributed by atoms with Gasteiger partial charge >= 0.3 is 0 Å². The van der Waals surface area contributed by atoms with Crippen molar-refractivity contribution in [1.29, 1.82) is 0 Å². The van der Waals surface area contributed by atoms with E-state index in [0.717, 1.165) is 27.3 Å². The Hall–Kier alpha value is -2.38. The predicted molar refractivity (Wildman–Crippen MR) is 124 cm³/mol. The van der Waals surface area contributed by atoms with Crippen LogP contribution in [0.1, 0.15) is 20.9 Å². The zero-order chi connectivity index (χ0) is 20.1. The Morgan fingerprint density at radius 3 is 1.62 bits per heavy atom. The third-order valence-electron chi connectivity index (χ3n) is 3.87. The molecule has 0 amide bonds. The van der Waals surface area contributed by atoms with Crippen molar-refractivity contribution < 1.29 is 0 Å². The van der Waals surface area contributed by atoms with Gasteiger partial charge in [0, 0.05) is 62.2 Å². The lowest BCUT2D eigenvalue weighted by Gasteiger charge is -1.94. The molecule has 4 aromatic rings. The molecular weight excluding hydrogens is 443 g/mol. The fourth-order valence-electron chi connectivity index (χ4n) is 2.46. The van der Waals surface area contributed by atoms with E-state index in [1.807, 2.05) is 60.9 Å². The van der Waals surface area contributed by atoms with Crippen molar-refractivity contribution in [2.45, 2.75) is 6.42 Å². The fourth-order valence-corrected chi connectivity index (χ4v) is 4.48. The highest BCUT2D eigenvalue weighted by atomic mass is 35.5. The molecule has 0 radical (unpaired) electrons. The molecule has 2 aromatic heterocycles. The monoisotopic (exact) mass is 456 g/mol. The fraction of sp³-hybridized carbons (Fsp3) is 0.0476. The summed E-state index contributed by atoms with van der Waals surface area (Å²) in [4.78, 5) is 19.8. The van der Waals surface area contributed by atoms with Gasteiger partial charge in [0.05, 0.1) is 0 Å². The number of halogens is 2. The number of nitrogens with zero attached hydrogens (tertiary/aromatic N) is 4. The summed E-state index contributed by atoms with van der Waals surface area (Å²) >= 11 is 15.4. The molecule has 2 heterocycles. The minimum atomic E-state index is 0.669. The summed E-state index contributed by atoms with van der Waals surface area (Å²) in [6, 6.07) is 15.2. The summed E-state index contributed by atoms with van der Waals surface area (Å²) < 4.78 is 0. The van der Waals surface area contributed by atoms with Crippen LogP contribution in [0.3, 0.4) is 0 Å². The van der Waals surface area contributed by atoms with Crippen molar-refractivity contribution in [2.24, 2.45) is 9.98 Å². The number of aliphatic imine (C=N–C) groups is 2. The van der Waals surface area contributed by atoms with E-state index in [4.69, 9.17) is 23.2 Å². The molecular formula is C21H14Cl2N4S2. The van der Waals surface area contributed by atoms with Crippen LogP contribution in [0.5, 0.6) is 0 Å². The van der Waals surface area contributed by atoms with E-state index in [0.29, 0.717) is 20.3 Å². The highest BCUT2D eigenvalue weighted by Gasteiger charge is 2.06. The second-order valence-electron chi connectivity index (χ2n) is 5.95. The average molecular weight is 457 g/mol. The highest BCUT2D eigenvalue weighted by Crippen LogP contribution is 2.28. The number of rotatable bonds is 6. The Bertz CT molecular complexity index is 1090. The van der Waals surface area contributed by atoms with Crippen LogP contribution < -0.4 is 0 Å². The molecule has 4 nitrogen and oxygen atoms in total. The highest BCUT2D eigenvalue weighted by molar-refractivity contribution is 7.16. The smallest absolute Gasteiger partial charge is 0.209 e. The van der Waals surface area contributed by atoms with E-state index in [2.05, 4.69) is 20.0 Å². The van der Waals surface area contributed by atoms with E-state index in [9.17, 15) is 0 Å². The first-order chi connectivity index (χ1) is 14.2. The molecule has 0 unspecified atom stereocenters. The van der Waals surface area contributed by atoms with Crippen LogP contribution in [0.4, 0.5) is 10.3 Å². The van der Waals surface area contributed by atoms with Gasteiger partial charge < -0.3 is 0 Å². The van der Waals surface area contributed by atoms with Gasteiger partial charge in [-0.05, 0) is 12.1 Å². The largest absolute Gasteiger partial charge is 0.227 e. The predicted octanol–water partition coefficient (Wildman–Crippen LogP) is 7.00. The summed E-state index contributed by atoms with van der Waals surface area (Å²) in [7, 11) is 0. The molecule has 144 valence electrons. The molecule has 2 aromatic carbocycles. The Morgan fingerprint density at radius 2 is 1.17 bits per heavy atom. The van der Waals surface area contributed by atoms with Crippen LogP contribution in [0.15, 0.2) is 70.9 Å². The molecule has 0 N–H and O–H groups in total. The van der Waals surface area contributed by atoms with Crippen LogP contribution in [0.2, 0.25) is 10.0 Å². The Kier molecular flexibility index (Phi) is 6.46. The first kappa shape index (κ1) is 19.9. The molecule has 0 aliphatic rings. The van der Waals surface area contributed by atoms with E-state index in [-0.39, 0.29) is 0 Å². The van der Waals surface area contributed by atoms with Crippen LogP contribution in [-0.2, 0) is 6.42 Å². The minimum absolute atomic E-state index is 0.669. The molecule has 0 fully saturated rings. The summed E-state index contributed by atoms with van der Waals surface area (Å²) in [5.41, 5.74) is 1.74. The quantitative estimate of drug-likeness (QED) is 0.293. The van der Waals surface area contributed by atoms with Gasteiger partial charge in [0.2, 0.25) is 10.3 Å². The summed E-state index contributed by atoms with van der Waals surface area (Å²) in [5.74, 6) is 0. The third-order valence-corrected chi connectivity index (χ3v) is 6.37. The summed E-state index contributed by atoms with van der Waals surface area (Å²) in [6.07, 6.45) is 7.91. The van der Waals surface area contributed by atoms with Gasteiger partial charge in [0.15, 0.2) is 0 Å². The maximum absolute atomic E-state index is 6.15. The Labute approximate surface area is 186 Å². The first-order valence-corrected chi connectivity index (χ1v) is 11.0. The average Bonchev–Trinajstić information content (AvgIpc) is 3.36. The first-order valence-electron chi connectivity index (χ1n) is 8.64. The van der Waals surface area contributed by atoms with Crippen molar-refractivity contribution in [2.75, 3.05) is 0 Å². The molecule has 0 aliphatic carbocycles. The molecule has 0 atom stereocenters. The lowest BCUT2D eigenvalue weighted by Crippen LogP contribution is -1.80. The molecule has 0 spiro atoms. The van der Waals surface area contributed by atoms with Gasteiger partial charge in [0.1, 0.15) is 0 Å². The van der Waals surface area contributed by atoms with E-state index < -0.39 is 0 Å². The summed E-state index contributed by atoms with van der Waals surface area (Å²) in [6.45, 7) is 0. The zero-order valence-corrected chi connectivity index (χ0v) is 18.1. The molecule has 29 heavy (non-hydrogen) atoms. The number of thiazole rings is 2. The topological polar surface area (TPSA) is 50.5 Å². The van der Waals surface area contributed by atoms with E-state index in [1.165, 1.54) is 0 Å². The van der Waals surface area contributed by atoms with Crippen LogP contribution in [0, 0.1) is 0 Å². The lowest BCUT2D eigenvalue weighted by molar-refractivity contribution is 1.23. The second kappa shape index (κ2) is 9.41. The second-order valence-corrected chi connectivity index (χ2v) is 8.96. The van der Waals surface area contributed by atoms with E-state index >= 15 is 0 Å². The van der Waals surface area contributed by atoms with E-state index in [1.54, 1.807) is 35.1 Å². The van der Waals surface area contributed by atoms with Crippen molar-refractivity contribution >= 4 is 68.6 Å². The number of hydrogen-bond donors (Lipinski definition) is 0. The van der Waals surface area contributed by atoms with Gasteiger partial charge in [-0.2, -0.15) is 0 Å². The van der Waals surface area contributed by atoms with Crippen molar-refractivity contribution in [3.63, 3.8) is 0 Å². The zero-order valence-electron chi connectivity index (χ0n) is 15.0. The van der Waals surface area contributed by atoms with Gasteiger partial charge in [0.25, 0.3) is 0 Å². The molecule has 8 heteroatoms. The Morgan fingerprint density at radius 1 is 0.724 bits per heavy atom. The van der Waals surface area contributed by atoms with Crippen molar-refractivity contribution in [1.82, 2.24) is 9.97 Å². The molecule has 0 saturated carbocycles. The van der Waals surface area contributed by atoms with Gasteiger partial charge in [-0.3, -0.25) is 0 Å². The Balaban J connectivity index is 1.41. The van der Waals surface area contributed by atoms with Crippen LogP contribution in [-0.4, -0.2) is 22.4 Å². The lowest BCUT2D eigenvalue weighted by atomic mass is 10.2. The summed E-state index contributed by atoms with van der Waals surface area (Å²) in [5, 5.41) is 2.73. The van der Waals surface area contributed by atoms with Gasteiger partial charge in [-0.1, -0.05) is 82.3 Å². The SMILES string of the molecule is Clc1ccccc1/C=N/c1ncc(Cc2cnc(/N=C/c3ccccc3Cl)s2)s1. The number of benzene rings is 2. The molecule has 0 aliphatic heterocycles. The molecule has 0 bridgehead atoms. The van der Waals surface area contributed by atoms with Gasteiger partial charge in [-0.15, -0.1) is 0 Å².